The number of carbonyl (C=O) groups is 1. The van der Waals surface area contributed by atoms with Crippen molar-refractivity contribution in [3.05, 3.63) is 35.4 Å². The monoisotopic (exact) mass is 343 g/mol. The minimum absolute atomic E-state index is 0.0492. The molecule has 1 aromatic carbocycles. The summed E-state index contributed by atoms with van der Waals surface area (Å²) in [7, 11) is 2.21. The van der Waals surface area contributed by atoms with Crippen LogP contribution < -0.4 is 5.32 Å². The molecule has 0 aromatic heterocycles. The van der Waals surface area contributed by atoms with Gasteiger partial charge in [-0.15, -0.1) is 0 Å². The molecule has 4 heteroatoms. The second kappa shape index (κ2) is 7.88. The minimum Gasteiger partial charge on any atom is -0.351 e. The zero-order valence-electron chi connectivity index (χ0n) is 16.1. The van der Waals surface area contributed by atoms with Crippen molar-refractivity contribution in [3.8, 4) is 0 Å². The lowest BCUT2D eigenvalue weighted by Gasteiger charge is -2.37. The van der Waals surface area contributed by atoms with Gasteiger partial charge >= 0.3 is 0 Å². The fourth-order valence-corrected chi connectivity index (χ4v) is 4.51. The fourth-order valence-electron chi connectivity index (χ4n) is 4.51. The predicted octanol–water partition coefficient (Wildman–Crippen LogP) is 2.81. The largest absolute Gasteiger partial charge is 0.351 e. The van der Waals surface area contributed by atoms with Crippen LogP contribution in [-0.4, -0.2) is 55.0 Å². The van der Waals surface area contributed by atoms with Crippen LogP contribution in [0.3, 0.4) is 0 Å². The molecule has 4 nitrogen and oxygen atoms in total. The van der Waals surface area contributed by atoms with Crippen molar-refractivity contribution in [2.75, 3.05) is 33.2 Å². The van der Waals surface area contributed by atoms with Crippen LogP contribution in [-0.2, 0) is 11.3 Å². The number of piperidine rings is 1. The van der Waals surface area contributed by atoms with E-state index in [1.165, 1.54) is 24.0 Å². The molecular formula is C21H33N3O. The van der Waals surface area contributed by atoms with E-state index in [9.17, 15) is 4.79 Å². The first-order valence-electron chi connectivity index (χ1n) is 9.77. The van der Waals surface area contributed by atoms with Gasteiger partial charge in [-0.2, -0.15) is 0 Å². The number of aryl methyl sites for hydroxylation is 1. The lowest BCUT2D eigenvalue weighted by molar-refractivity contribution is -0.125. The van der Waals surface area contributed by atoms with Crippen LogP contribution in [0.15, 0.2) is 24.3 Å². The van der Waals surface area contributed by atoms with E-state index in [-0.39, 0.29) is 11.9 Å². The van der Waals surface area contributed by atoms with Crippen LogP contribution in [0.25, 0.3) is 0 Å². The van der Waals surface area contributed by atoms with Crippen LogP contribution in [0.1, 0.15) is 43.7 Å². The summed E-state index contributed by atoms with van der Waals surface area (Å²) in [5.41, 5.74) is 2.78. The Morgan fingerprint density at radius 2 is 2.08 bits per heavy atom. The van der Waals surface area contributed by atoms with Gasteiger partial charge in [0.25, 0.3) is 0 Å². The van der Waals surface area contributed by atoms with Gasteiger partial charge in [0.15, 0.2) is 0 Å². The summed E-state index contributed by atoms with van der Waals surface area (Å²) < 4.78 is 0. The molecule has 25 heavy (non-hydrogen) atoms. The standard InChI is InChI=1S/C21H33N3O/c1-4-10-24-16-21(8-11-23(3)12-9-21)14-19(24)20(25)22-15-18-7-5-6-17(2)13-18/h5-7,13,19H,4,8-12,14-16H2,1-3H3,(H,22,25)/t19-/m1/s1. The lowest BCUT2D eigenvalue weighted by Crippen LogP contribution is -2.43. The van der Waals surface area contributed by atoms with Gasteiger partial charge in [0.1, 0.15) is 0 Å². The van der Waals surface area contributed by atoms with Crippen LogP contribution in [0.5, 0.6) is 0 Å². The summed E-state index contributed by atoms with van der Waals surface area (Å²) in [5, 5.41) is 3.20. The summed E-state index contributed by atoms with van der Waals surface area (Å²) >= 11 is 0. The van der Waals surface area contributed by atoms with Crippen LogP contribution in [0.4, 0.5) is 0 Å². The Hall–Kier alpha value is -1.39. The maximum Gasteiger partial charge on any atom is 0.237 e. The number of nitrogens with zero attached hydrogens (tertiary/aromatic N) is 2. The smallest absolute Gasteiger partial charge is 0.237 e. The van der Waals surface area contributed by atoms with Crippen molar-refractivity contribution in [3.63, 3.8) is 0 Å². The SMILES string of the molecule is CCCN1CC2(CCN(C)CC2)C[C@@H]1C(=O)NCc1cccc(C)c1. The number of benzene rings is 1. The number of hydrogen-bond acceptors (Lipinski definition) is 3. The van der Waals surface area contributed by atoms with E-state index in [0.717, 1.165) is 39.0 Å². The van der Waals surface area contributed by atoms with E-state index in [1.54, 1.807) is 0 Å². The second-order valence-corrected chi connectivity index (χ2v) is 8.20. The quantitative estimate of drug-likeness (QED) is 0.893. The Morgan fingerprint density at radius 3 is 2.76 bits per heavy atom. The van der Waals surface area contributed by atoms with Crippen molar-refractivity contribution in [2.45, 2.75) is 52.1 Å². The number of amides is 1. The van der Waals surface area contributed by atoms with Gasteiger partial charge in [-0.3, -0.25) is 9.69 Å². The molecule has 0 unspecified atom stereocenters. The normalized spacial score (nSPS) is 23.9. The Balaban J connectivity index is 1.63. The zero-order chi connectivity index (χ0) is 17.9. The van der Waals surface area contributed by atoms with Gasteiger partial charge in [-0.05, 0) is 70.3 Å². The number of hydrogen-bond donors (Lipinski definition) is 1. The molecule has 2 saturated heterocycles. The number of carbonyl (C=O) groups excluding carboxylic acids is 1. The fraction of sp³-hybridized carbons (Fsp3) is 0.667. The summed E-state index contributed by atoms with van der Waals surface area (Å²) in [6.07, 6.45) is 4.59. The Kier molecular flexibility index (Phi) is 5.80. The molecule has 1 atom stereocenters. The molecule has 2 aliphatic rings. The molecule has 0 bridgehead atoms. The van der Waals surface area contributed by atoms with Gasteiger partial charge in [0, 0.05) is 13.1 Å². The molecule has 1 spiro atoms. The first-order valence-corrected chi connectivity index (χ1v) is 9.77. The van der Waals surface area contributed by atoms with E-state index in [1.807, 2.05) is 0 Å². The van der Waals surface area contributed by atoms with Gasteiger partial charge < -0.3 is 10.2 Å². The molecular weight excluding hydrogens is 310 g/mol. The summed E-state index contributed by atoms with van der Waals surface area (Å²) in [6, 6.07) is 8.44. The van der Waals surface area contributed by atoms with Crippen molar-refractivity contribution >= 4 is 5.91 Å². The summed E-state index contributed by atoms with van der Waals surface area (Å²) in [4.78, 5) is 17.8. The molecule has 1 amide bonds. The third kappa shape index (κ3) is 4.42. The van der Waals surface area contributed by atoms with E-state index < -0.39 is 0 Å². The highest BCUT2D eigenvalue weighted by molar-refractivity contribution is 5.82. The first kappa shape index (κ1) is 18.4. The molecule has 3 rings (SSSR count). The van der Waals surface area contributed by atoms with E-state index in [2.05, 4.69) is 60.3 Å². The maximum absolute atomic E-state index is 12.9. The molecule has 0 radical (unpaired) electrons. The van der Waals surface area contributed by atoms with Crippen LogP contribution >= 0.6 is 0 Å². The average Bonchev–Trinajstić information content (AvgIpc) is 2.95. The summed E-state index contributed by atoms with van der Waals surface area (Å²) in [5.74, 6) is 0.214. The van der Waals surface area contributed by atoms with Crippen molar-refractivity contribution < 1.29 is 4.79 Å². The molecule has 0 saturated carbocycles. The van der Waals surface area contributed by atoms with Crippen molar-refractivity contribution in [1.82, 2.24) is 15.1 Å². The topological polar surface area (TPSA) is 35.6 Å². The minimum atomic E-state index is 0.0492. The molecule has 0 aliphatic carbocycles. The molecule has 2 fully saturated rings. The third-order valence-corrected chi connectivity index (χ3v) is 6.02. The Labute approximate surface area is 152 Å². The lowest BCUT2D eigenvalue weighted by atomic mass is 9.76. The van der Waals surface area contributed by atoms with Gasteiger partial charge in [0.2, 0.25) is 5.91 Å². The highest BCUT2D eigenvalue weighted by Crippen LogP contribution is 2.43. The molecule has 2 heterocycles. The van der Waals surface area contributed by atoms with Crippen LogP contribution in [0, 0.1) is 12.3 Å². The van der Waals surface area contributed by atoms with E-state index in [0.29, 0.717) is 12.0 Å². The Bertz CT molecular complexity index is 593. The molecule has 2 aliphatic heterocycles. The second-order valence-electron chi connectivity index (χ2n) is 8.20. The molecule has 1 N–H and O–H groups in total. The summed E-state index contributed by atoms with van der Waals surface area (Å²) in [6.45, 7) is 9.38. The number of rotatable bonds is 5. The number of likely N-dealkylation sites (tertiary alicyclic amines) is 2. The zero-order valence-corrected chi connectivity index (χ0v) is 16.1. The third-order valence-electron chi connectivity index (χ3n) is 6.02. The van der Waals surface area contributed by atoms with Crippen molar-refractivity contribution in [1.29, 1.82) is 0 Å². The van der Waals surface area contributed by atoms with E-state index >= 15 is 0 Å². The highest BCUT2D eigenvalue weighted by atomic mass is 16.2. The van der Waals surface area contributed by atoms with E-state index in [4.69, 9.17) is 0 Å². The van der Waals surface area contributed by atoms with Crippen molar-refractivity contribution in [2.24, 2.45) is 5.41 Å². The first-order chi connectivity index (χ1) is 12.0. The molecule has 1 aromatic rings. The van der Waals surface area contributed by atoms with Crippen LogP contribution in [0.2, 0.25) is 0 Å². The predicted molar refractivity (Wildman–Crippen MR) is 102 cm³/mol. The Morgan fingerprint density at radius 1 is 1.32 bits per heavy atom. The van der Waals surface area contributed by atoms with Gasteiger partial charge in [-0.1, -0.05) is 36.8 Å². The maximum atomic E-state index is 12.9. The number of nitrogens with one attached hydrogen (secondary N) is 1. The average molecular weight is 344 g/mol. The van der Waals surface area contributed by atoms with Gasteiger partial charge in [-0.25, -0.2) is 0 Å². The molecule has 138 valence electrons. The van der Waals surface area contributed by atoms with Gasteiger partial charge in [0.05, 0.1) is 6.04 Å². The highest BCUT2D eigenvalue weighted by Gasteiger charge is 2.47.